The Balaban J connectivity index is 2.59. The van der Waals surface area contributed by atoms with E-state index in [0.29, 0.717) is 11.6 Å². The normalized spacial score (nSPS) is 12.0. The zero-order valence-electron chi connectivity index (χ0n) is 9.50. The van der Waals surface area contributed by atoms with Crippen LogP contribution in [-0.2, 0) is 5.41 Å². The Morgan fingerprint density at radius 1 is 1.25 bits per heavy atom. The molecule has 0 amide bonds. The number of hydrogen-bond acceptors (Lipinski definition) is 2. The van der Waals surface area contributed by atoms with Crippen LogP contribution in [0.2, 0.25) is 5.02 Å². The first kappa shape index (κ1) is 11.4. The van der Waals surface area contributed by atoms with E-state index in [1.807, 2.05) is 24.3 Å². The molecule has 0 unspecified atom stereocenters. The molecule has 0 spiro atoms. The third kappa shape index (κ3) is 2.04. The summed E-state index contributed by atoms with van der Waals surface area (Å²) < 4.78 is 0. The quantitative estimate of drug-likeness (QED) is 0.867. The minimum atomic E-state index is -0.101. The average molecular weight is 235 g/mol. The minimum Gasteiger partial charge on any atom is -0.330 e. The highest BCUT2D eigenvalue weighted by atomic mass is 35.5. The fraction of sp³-hybridized carbons (Fsp3) is 0.308. The van der Waals surface area contributed by atoms with Gasteiger partial charge in [0.05, 0.1) is 5.52 Å². The van der Waals surface area contributed by atoms with Gasteiger partial charge in [0.15, 0.2) is 0 Å². The van der Waals surface area contributed by atoms with Crippen molar-refractivity contribution in [1.82, 2.24) is 4.98 Å². The highest BCUT2D eigenvalue weighted by molar-refractivity contribution is 6.31. The SMILES string of the molecule is CC(C)(CN)c1ccc2ccc(Cl)cc2n1. The maximum absolute atomic E-state index is 5.95. The zero-order chi connectivity index (χ0) is 11.8. The molecule has 1 aromatic carbocycles. The summed E-state index contributed by atoms with van der Waals surface area (Å²) in [6.07, 6.45) is 0. The molecule has 0 fully saturated rings. The van der Waals surface area contributed by atoms with Crippen LogP contribution < -0.4 is 5.73 Å². The summed E-state index contributed by atoms with van der Waals surface area (Å²) in [6, 6.07) is 9.82. The van der Waals surface area contributed by atoms with Crippen LogP contribution in [-0.4, -0.2) is 11.5 Å². The maximum atomic E-state index is 5.95. The predicted molar refractivity (Wildman–Crippen MR) is 68.8 cm³/mol. The Kier molecular flexibility index (Phi) is 2.87. The summed E-state index contributed by atoms with van der Waals surface area (Å²) in [6.45, 7) is 4.75. The average Bonchev–Trinajstić information content (AvgIpc) is 2.28. The molecule has 0 saturated heterocycles. The summed E-state index contributed by atoms with van der Waals surface area (Å²) >= 11 is 5.95. The van der Waals surface area contributed by atoms with Crippen molar-refractivity contribution >= 4 is 22.5 Å². The van der Waals surface area contributed by atoms with E-state index in [9.17, 15) is 0 Å². The van der Waals surface area contributed by atoms with Gasteiger partial charge in [-0.2, -0.15) is 0 Å². The second-order valence-corrected chi connectivity index (χ2v) is 5.06. The molecule has 2 N–H and O–H groups in total. The van der Waals surface area contributed by atoms with Crippen LogP contribution in [0.3, 0.4) is 0 Å². The van der Waals surface area contributed by atoms with Gasteiger partial charge in [0.25, 0.3) is 0 Å². The number of halogens is 1. The molecular weight excluding hydrogens is 220 g/mol. The molecule has 16 heavy (non-hydrogen) atoms. The van der Waals surface area contributed by atoms with E-state index in [4.69, 9.17) is 17.3 Å². The number of nitrogens with two attached hydrogens (primary N) is 1. The first-order valence-electron chi connectivity index (χ1n) is 5.30. The fourth-order valence-corrected chi connectivity index (χ4v) is 1.74. The molecule has 84 valence electrons. The number of benzene rings is 1. The van der Waals surface area contributed by atoms with Crippen molar-refractivity contribution in [3.63, 3.8) is 0 Å². The van der Waals surface area contributed by atoms with Gasteiger partial charge >= 0.3 is 0 Å². The van der Waals surface area contributed by atoms with Gasteiger partial charge in [0.1, 0.15) is 0 Å². The molecule has 1 aromatic heterocycles. The monoisotopic (exact) mass is 234 g/mol. The van der Waals surface area contributed by atoms with Crippen LogP contribution in [0.4, 0.5) is 0 Å². The molecule has 0 aliphatic carbocycles. The first-order valence-corrected chi connectivity index (χ1v) is 5.67. The molecule has 0 atom stereocenters. The van der Waals surface area contributed by atoms with E-state index in [-0.39, 0.29) is 5.41 Å². The van der Waals surface area contributed by atoms with Crippen molar-refractivity contribution in [3.8, 4) is 0 Å². The standard InChI is InChI=1S/C13H15ClN2/c1-13(2,8-15)12-6-4-9-3-5-10(14)7-11(9)16-12/h3-7H,8,15H2,1-2H3. The van der Waals surface area contributed by atoms with E-state index >= 15 is 0 Å². The third-order valence-corrected chi connectivity index (χ3v) is 3.09. The lowest BCUT2D eigenvalue weighted by atomic mass is 9.89. The lowest BCUT2D eigenvalue weighted by molar-refractivity contribution is 0.524. The summed E-state index contributed by atoms with van der Waals surface area (Å²) in [7, 11) is 0. The minimum absolute atomic E-state index is 0.101. The molecule has 0 bridgehead atoms. The van der Waals surface area contributed by atoms with E-state index in [1.54, 1.807) is 0 Å². The first-order chi connectivity index (χ1) is 7.53. The van der Waals surface area contributed by atoms with Crippen LogP contribution in [0.1, 0.15) is 19.5 Å². The number of hydrogen-bond donors (Lipinski definition) is 1. The lowest BCUT2D eigenvalue weighted by Gasteiger charge is -2.21. The highest BCUT2D eigenvalue weighted by Gasteiger charge is 2.20. The largest absolute Gasteiger partial charge is 0.330 e. The Hall–Kier alpha value is -1.12. The molecule has 3 heteroatoms. The number of nitrogens with zero attached hydrogens (tertiary/aromatic N) is 1. The Morgan fingerprint density at radius 3 is 2.62 bits per heavy atom. The van der Waals surface area contributed by atoms with Crippen LogP contribution in [0.25, 0.3) is 10.9 Å². The molecule has 1 heterocycles. The topological polar surface area (TPSA) is 38.9 Å². The van der Waals surface area contributed by atoms with Crippen LogP contribution in [0, 0.1) is 0 Å². The van der Waals surface area contributed by atoms with E-state index in [2.05, 4.69) is 24.9 Å². The second-order valence-electron chi connectivity index (χ2n) is 4.62. The van der Waals surface area contributed by atoms with Gasteiger partial charge in [-0.05, 0) is 18.2 Å². The zero-order valence-corrected chi connectivity index (χ0v) is 10.3. The van der Waals surface area contributed by atoms with E-state index in [0.717, 1.165) is 16.6 Å². The van der Waals surface area contributed by atoms with Gasteiger partial charge in [-0.3, -0.25) is 4.98 Å². The Labute approximate surface area is 100 Å². The van der Waals surface area contributed by atoms with Crippen molar-refractivity contribution in [1.29, 1.82) is 0 Å². The van der Waals surface area contributed by atoms with Gasteiger partial charge in [-0.1, -0.05) is 37.6 Å². The highest BCUT2D eigenvalue weighted by Crippen LogP contribution is 2.24. The van der Waals surface area contributed by atoms with Gasteiger partial charge < -0.3 is 5.73 Å². The van der Waals surface area contributed by atoms with Gasteiger partial charge in [0.2, 0.25) is 0 Å². The molecule has 0 radical (unpaired) electrons. The van der Waals surface area contributed by atoms with Crippen molar-refractivity contribution in [3.05, 3.63) is 41.0 Å². The molecule has 0 saturated carbocycles. The molecule has 0 aliphatic heterocycles. The van der Waals surface area contributed by atoms with Crippen molar-refractivity contribution in [2.24, 2.45) is 5.73 Å². The Bertz CT molecular complexity index is 520. The van der Waals surface area contributed by atoms with Crippen molar-refractivity contribution < 1.29 is 0 Å². The number of fused-ring (bicyclic) bond motifs is 1. The van der Waals surface area contributed by atoms with Crippen LogP contribution >= 0.6 is 11.6 Å². The summed E-state index contributed by atoms with van der Waals surface area (Å²) in [4.78, 5) is 4.61. The second kappa shape index (κ2) is 4.04. The predicted octanol–water partition coefficient (Wildman–Crippen LogP) is 3.12. The summed E-state index contributed by atoms with van der Waals surface area (Å²) in [5, 5.41) is 1.81. The Morgan fingerprint density at radius 2 is 1.94 bits per heavy atom. The number of rotatable bonds is 2. The maximum Gasteiger partial charge on any atom is 0.0720 e. The van der Waals surface area contributed by atoms with Crippen molar-refractivity contribution in [2.75, 3.05) is 6.54 Å². The van der Waals surface area contributed by atoms with Crippen LogP contribution in [0.5, 0.6) is 0 Å². The smallest absolute Gasteiger partial charge is 0.0720 e. The van der Waals surface area contributed by atoms with Crippen molar-refractivity contribution in [2.45, 2.75) is 19.3 Å². The molecule has 2 aromatic rings. The van der Waals surface area contributed by atoms with E-state index in [1.165, 1.54) is 0 Å². The molecule has 2 nitrogen and oxygen atoms in total. The molecular formula is C13H15ClN2. The number of aromatic nitrogens is 1. The van der Waals surface area contributed by atoms with Crippen LogP contribution in [0.15, 0.2) is 30.3 Å². The number of pyridine rings is 1. The molecule has 2 rings (SSSR count). The fourth-order valence-electron chi connectivity index (χ4n) is 1.57. The van der Waals surface area contributed by atoms with Gasteiger partial charge in [-0.25, -0.2) is 0 Å². The third-order valence-electron chi connectivity index (χ3n) is 2.86. The summed E-state index contributed by atoms with van der Waals surface area (Å²) in [5.74, 6) is 0. The van der Waals surface area contributed by atoms with E-state index < -0.39 is 0 Å². The molecule has 0 aliphatic rings. The lowest BCUT2D eigenvalue weighted by Crippen LogP contribution is -2.29. The van der Waals surface area contributed by atoms with Gasteiger partial charge in [-0.15, -0.1) is 0 Å². The van der Waals surface area contributed by atoms with Gasteiger partial charge in [0, 0.05) is 28.1 Å². The summed E-state index contributed by atoms with van der Waals surface area (Å²) in [5.41, 5.74) is 7.57.